The van der Waals surface area contributed by atoms with Gasteiger partial charge in [0.25, 0.3) is 0 Å². The lowest BCUT2D eigenvalue weighted by molar-refractivity contribution is -0.389. The van der Waals surface area contributed by atoms with Crippen LogP contribution in [0.4, 0.5) is 10.6 Å². The summed E-state index contributed by atoms with van der Waals surface area (Å²) in [4.78, 5) is 26.2. The summed E-state index contributed by atoms with van der Waals surface area (Å²) in [6.07, 6.45) is 0.454. The molecule has 0 bridgehead atoms. The molecule has 1 aromatic heterocycles. The molecule has 0 aromatic carbocycles. The maximum absolute atomic E-state index is 11.0. The van der Waals surface area contributed by atoms with E-state index in [-0.39, 0.29) is 37.6 Å². The number of aromatic nitrogens is 2. The topological polar surface area (TPSA) is 111 Å². The lowest BCUT2D eigenvalue weighted by Gasteiger charge is -2.26. The predicted molar refractivity (Wildman–Crippen MR) is 63.2 cm³/mol. The summed E-state index contributed by atoms with van der Waals surface area (Å²) in [6.45, 7) is 2.61. The third-order valence-corrected chi connectivity index (χ3v) is 2.95. The molecule has 1 atom stereocenters. The van der Waals surface area contributed by atoms with E-state index >= 15 is 0 Å². The zero-order chi connectivity index (χ0) is 14.0. The Balaban J connectivity index is 2.28. The Kier molecular flexibility index (Phi) is 3.54. The van der Waals surface area contributed by atoms with E-state index in [0.29, 0.717) is 6.42 Å². The molecular formula is C10H14N4O5. The van der Waals surface area contributed by atoms with E-state index < -0.39 is 11.0 Å². The molecule has 9 heteroatoms. The summed E-state index contributed by atoms with van der Waals surface area (Å²) in [6, 6.07) is 0.170. The monoisotopic (exact) mass is 270 g/mol. The second kappa shape index (κ2) is 5.12. The van der Waals surface area contributed by atoms with Crippen LogP contribution in [-0.4, -0.2) is 49.8 Å². The van der Waals surface area contributed by atoms with E-state index in [1.54, 1.807) is 0 Å². The lowest BCUT2D eigenvalue weighted by atomic mass is 10.2. The number of carboxylic acid groups (broad SMARTS) is 1. The number of carbonyl (C=O) groups is 1. The second-order valence-electron chi connectivity index (χ2n) is 4.21. The van der Waals surface area contributed by atoms with Crippen LogP contribution in [0.1, 0.15) is 13.3 Å². The smallest absolute Gasteiger partial charge is 0.414 e. The molecule has 19 heavy (non-hydrogen) atoms. The van der Waals surface area contributed by atoms with Crippen molar-refractivity contribution in [1.82, 2.24) is 14.5 Å². The number of amides is 1. The van der Waals surface area contributed by atoms with E-state index in [0.717, 1.165) is 0 Å². The SMILES string of the molecule is CCC1CN(C(=O)O)CCn2cc([N+](=O)[O-])nc2O1. The van der Waals surface area contributed by atoms with E-state index in [4.69, 9.17) is 9.84 Å². The van der Waals surface area contributed by atoms with Crippen molar-refractivity contribution >= 4 is 11.9 Å². The minimum Gasteiger partial charge on any atom is -0.465 e. The Hall–Kier alpha value is -2.32. The van der Waals surface area contributed by atoms with Crippen LogP contribution in [0.15, 0.2) is 6.20 Å². The van der Waals surface area contributed by atoms with Crippen LogP contribution in [0.2, 0.25) is 0 Å². The summed E-state index contributed by atoms with van der Waals surface area (Å²) in [5.74, 6) is -0.298. The number of nitrogens with zero attached hydrogens (tertiary/aromatic N) is 4. The van der Waals surface area contributed by atoms with E-state index in [1.165, 1.54) is 15.7 Å². The Labute approximate surface area is 108 Å². The Bertz CT molecular complexity index is 500. The molecule has 0 spiro atoms. The fourth-order valence-corrected chi connectivity index (χ4v) is 1.87. The summed E-state index contributed by atoms with van der Waals surface area (Å²) >= 11 is 0. The van der Waals surface area contributed by atoms with E-state index in [2.05, 4.69) is 4.98 Å². The highest BCUT2D eigenvalue weighted by Gasteiger charge is 2.28. The Morgan fingerprint density at radius 1 is 1.68 bits per heavy atom. The van der Waals surface area contributed by atoms with Crippen molar-refractivity contribution in [3.63, 3.8) is 0 Å². The van der Waals surface area contributed by atoms with E-state index in [9.17, 15) is 14.9 Å². The van der Waals surface area contributed by atoms with Crippen LogP contribution in [-0.2, 0) is 6.54 Å². The van der Waals surface area contributed by atoms with Gasteiger partial charge in [-0.2, -0.15) is 0 Å². The van der Waals surface area contributed by atoms with Gasteiger partial charge in [-0.3, -0.25) is 4.57 Å². The van der Waals surface area contributed by atoms with Gasteiger partial charge in [-0.1, -0.05) is 6.92 Å². The van der Waals surface area contributed by atoms with Gasteiger partial charge in [-0.25, -0.2) is 4.79 Å². The Morgan fingerprint density at radius 3 is 3.00 bits per heavy atom. The molecule has 9 nitrogen and oxygen atoms in total. The largest absolute Gasteiger partial charge is 0.465 e. The molecule has 1 aliphatic rings. The van der Waals surface area contributed by atoms with Crippen molar-refractivity contribution in [3.05, 3.63) is 16.3 Å². The van der Waals surface area contributed by atoms with Crippen LogP contribution in [0, 0.1) is 10.1 Å². The van der Waals surface area contributed by atoms with Crippen molar-refractivity contribution in [2.75, 3.05) is 13.1 Å². The average Bonchev–Trinajstić information content (AvgIpc) is 2.71. The minimum absolute atomic E-state index is 0.170. The fourth-order valence-electron chi connectivity index (χ4n) is 1.87. The molecule has 1 aromatic rings. The lowest BCUT2D eigenvalue weighted by Crippen LogP contribution is -2.42. The van der Waals surface area contributed by atoms with Crippen LogP contribution in [0.3, 0.4) is 0 Å². The minimum atomic E-state index is -1.03. The molecular weight excluding hydrogens is 256 g/mol. The molecule has 2 rings (SSSR count). The standard InChI is InChI=1S/C10H14N4O5/c1-2-7-5-13(10(15)16)4-3-12-6-8(14(17)18)11-9(12)19-7/h6-7H,2-5H2,1H3,(H,15,16). The first-order valence-corrected chi connectivity index (χ1v) is 5.87. The molecule has 1 amide bonds. The zero-order valence-corrected chi connectivity index (χ0v) is 10.4. The molecule has 0 fully saturated rings. The third kappa shape index (κ3) is 2.75. The summed E-state index contributed by atoms with van der Waals surface area (Å²) < 4.78 is 7.01. The molecule has 0 saturated heterocycles. The summed E-state index contributed by atoms with van der Waals surface area (Å²) in [5.41, 5.74) is 0. The van der Waals surface area contributed by atoms with Gasteiger partial charge in [0, 0.05) is 18.1 Å². The van der Waals surface area contributed by atoms with Gasteiger partial charge in [0.2, 0.25) is 0 Å². The number of fused-ring (bicyclic) bond motifs is 1. The van der Waals surface area contributed by atoms with Crippen molar-refractivity contribution in [2.45, 2.75) is 26.0 Å². The van der Waals surface area contributed by atoms with E-state index in [1.807, 2.05) is 6.92 Å². The highest BCUT2D eigenvalue weighted by Crippen LogP contribution is 2.21. The van der Waals surface area contributed by atoms with Crippen molar-refractivity contribution in [3.8, 4) is 6.01 Å². The molecule has 1 unspecified atom stereocenters. The highest BCUT2D eigenvalue weighted by atomic mass is 16.6. The number of hydrogen-bond acceptors (Lipinski definition) is 5. The van der Waals surface area contributed by atoms with Crippen LogP contribution < -0.4 is 4.74 Å². The molecule has 0 aliphatic carbocycles. The molecule has 2 heterocycles. The first-order valence-electron chi connectivity index (χ1n) is 5.87. The molecule has 104 valence electrons. The first kappa shape index (κ1) is 13.1. The summed E-state index contributed by atoms with van der Waals surface area (Å²) in [7, 11) is 0. The van der Waals surface area contributed by atoms with Crippen molar-refractivity contribution < 1.29 is 19.6 Å². The molecule has 0 radical (unpaired) electrons. The normalized spacial score (nSPS) is 19.0. The van der Waals surface area contributed by atoms with Gasteiger partial charge in [-0.05, 0) is 11.3 Å². The molecule has 1 N–H and O–H groups in total. The average molecular weight is 270 g/mol. The van der Waals surface area contributed by atoms with Crippen LogP contribution in [0.25, 0.3) is 0 Å². The summed E-state index contributed by atoms with van der Waals surface area (Å²) in [5, 5.41) is 19.7. The van der Waals surface area contributed by atoms with Crippen molar-refractivity contribution in [2.24, 2.45) is 0 Å². The third-order valence-electron chi connectivity index (χ3n) is 2.95. The molecule has 1 aliphatic heterocycles. The molecule has 0 saturated carbocycles. The van der Waals surface area contributed by atoms with Crippen molar-refractivity contribution in [1.29, 1.82) is 0 Å². The predicted octanol–water partition coefficient (Wildman–Crippen LogP) is 0.942. The Morgan fingerprint density at radius 2 is 2.42 bits per heavy atom. The maximum Gasteiger partial charge on any atom is 0.414 e. The maximum atomic E-state index is 11.0. The van der Waals surface area contributed by atoms with Crippen LogP contribution >= 0.6 is 0 Å². The quantitative estimate of drug-likeness (QED) is 0.632. The van der Waals surface area contributed by atoms with Gasteiger partial charge in [0.15, 0.2) is 0 Å². The fraction of sp³-hybridized carbons (Fsp3) is 0.600. The number of hydrogen-bond donors (Lipinski definition) is 1. The zero-order valence-electron chi connectivity index (χ0n) is 10.4. The number of rotatable bonds is 2. The number of imidazole rings is 1. The first-order chi connectivity index (χ1) is 9.01. The number of ether oxygens (including phenoxy) is 1. The van der Waals surface area contributed by atoms with Gasteiger partial charge in [0.05, 0.1) is 6.54 Å². The highest BCUT2D eigenvalue weighted by molar-refractivity contribution is 5.64. The van der Waals surface area contributed by atoms with Gasteiger partial charge in [-0.15, -0.1) is 0 Å². The van der Waals surface area contributed by atoms with Gasteiger partial charge >= 0.3 is 17.9 Å². The second-order valence-corrected chi connectivity index (χ2v) is 4.21. The van der Waals surface area contributed by atoms with Gasteiger partial charge < -0.3 is 24.9 Å². The van der Waals surface area contributed by atoms with Gasteiger partial charge in [0.1, 0.15) is 12.3 Å². The van der Waals surface area contributed by atoms with Crippen LogP contribution in [0.5, 0.6) is 6.01 Å². The number of nitro groups is 1.